The molecule has 0 aliphatic carbocycles. The maximum atomic E-state index is 12.6. The maximum Gasteiger partial charge on any atom is 0.323 e. The molecule has 0 aliphatic heterocycles. The molecular weight excluding hydrogens is 560 g/mol. The molecule has 14 heteroatoms. The summed E-state index contributed by atoms with van der Waals surface area (Å²) in [5.41, 5.74) is 1.12. The summed E-state index contributed by atoms with van der Waals surface area (Å²) >= 11 is 0. The van der Waals surface area contributed by atoms with E-state index >= 15 is 0 Å². The molecule has 40 heavy (non-hydrogen) atoms. The molecule has 0 bridgehead atoms. The molecule has 3 aromatic carbocycles. The molecule has 3 rings (SSSR count). The standard InChI is InChI=1S/C26H30N4O8S2/c1-3-15-39(33,34)37-21-11-7-9-19(17-21)27-25(31)29-23-13-5-6-14-24(23)30-26(32)28-20-10-8-12-22(18-20)38-40(35,36)16-4-2/h5-14,17-18H,3-4,15-16H2,1-2H3,(H2,27,29,31)(H2,28,30,32). The van der Waals surface area contributed by atoms with Crippen LogP contribution < -0.4 is 29.6 Å². The van der Waals surface area contributed by atoms with Crippen molar-refractivity contribution in [3.05, 3.63) is 72.8 Å². The van der Waals surface area contributed by atoms with Gasteiger partial charge >= 0.3 is 32.3 Å². The summed E-state index contributed by atoms with van der Waals surface area (Å²) < 4.78 is 57.8. The highest BCUT2D eigenvalue weighted by Crippen LogP contribution is 2.24. The Morgan fingerprint density at radius 1 is 0.600 bits per heavy atom. The molecule has 0 atom stereocenters. The van der Waals surface area contributed by atoms with Crippen molar-refractivity contribution in [1.82, 2.24) is 0 Å². The first-order chi connectivity index (χ1) is 19.0. The fourth-order valence-corrected chi connectivity index (χ4v) is 5.36. The average Bonchev–Trinajstić information content (AvgIpc) is 2.85. The molecule has 0 radical (unpaired) electrons. The molecule has 0 saturated heterocycles. The summed E-state index contributed by atoms with van der Waals surface area (Å²) in [6.45, 7) is 3.44. The first-order valence-corrected chi connectivity index (χ1v) is 15.4. The minimum Gasteiger partial charge on any atom is -0.382 e. The summed E-state index contributed by atoms with van der Waals surface area (Å²) in [5.74, 6) is -0.157. The molecular formula is C26H30N4O8S2. The van der Waals surface area contributed by atoms with E-state index in [1.54, 1.807) is 50.2 Å². The lowest BCUT2D eigenvalue weighted by Gasteiger charge is -2.14. The van der Waals surface area contributed by atoms with Crippen LogP contribution in [0.3, 0.4) is 0 Å². The van der Waals surface area contributed by atoms with Crippen molar-refractivity contribution in [1.29, 1.82) is 0 Å². The molecule has 0 fully saturated rings. The zero-order chi connectivity index (χ0) is 29.2. The molecule has 0 aromatic heterocycles. The van der Waals surface area contributed by atoms with Crippen LogP contribution in [0.5, 0.6) is 11.5 Å². The second-order valence-electron chi connectivity index (χ2n) is 8.45. The van der Waals surface area contributed by atoms with Crippen LogP contribution in [0.2, 0.25) is 0 Å². The molecule has 4 N–H and O–H groups in total. The van der Waals surface area contributed by atoms with Crippen molar-refractivity contribution >= 4 is 55.0 Å². The van der Waals surface area contributed by atoms with Gasteiger partial charge in [-0.3, -0.25) is 0 Å². The number of carbonyl (C=O) groups is 2. The summed E-state index contributed by atoms with van der Waals surface area (Å²) in [6.07, 6.45) is 0.802. The molecule has 4 amide bonds. The van der Waals surface area contributed by atoms with Gasteiger partial charge in [-0.15, -0.1) is 0 Å². The fraction of sp³-hybridized carbons (Fsp3) is 0.231. The minimum absolute atomic E-state index is 0.0578. The van der Waals surface area contributed by atoms with Gasteiger partial charge in [0.2, 0.25) is 0 Å². The van der Waals surface area contributed by atoms with Gasteiger partial charge in [0.1, 0.15) is 11.5 Å². The van der Waals surface area contributed by atoms with Crippen molar-refractivity contribution in [3.63, 3.8) is 0 Å². The van der Waals surface area contributed by atoms with E-state index in [1.165, 1.54) is 36.4 Å². The van der Waals surface area contributed by atoms with Crippen molar-refractivity contribution < 1.29 is 34.8 Å². The van der Waals surface area contributed by atoms with Gasteiger partial charge in [-0.2, -0.15) is 16.8 Å². The second kappa shape index (κ2) is 13.7. The first kappa shape index (κ1) is 30.2. The van der Waals surface area contributed by atoms with Crippen molar-refractivity contribution in [2.24, 2.45) is 0 Å². The number of hydrogen-bond acceptors (Lipinski definition) is 8. The molecule has 0 heterocycles. The predicted molar refractivity (Wildman–Crippen MR) is 154 cm³/mol. The first-order valence-electron chi connectivity index (χ1n) is 12.3. The Morgan fingerprint density at radius 3 is 1.38 bits per heavy atom. The number of nitrogens with one attached hydrogen (secondary N) is 4. The number of urea groups is 2. The van der Waals surface area contributed by atoms with E-state index in [4.69, 9.17) is 8.37 Å². The van der Waals surface area contributed by atoms with Crippen molar-refractivity contribution in [3.8, 4) is 11.5 Å². The van der Waals surface area contributed by atoms with Gasteiger partial charge in [0, 0.05) is 23.5 Å². The number of hydrogen-bond donors (Lipinski definition) is 4. The van der Waals surface area contributed by atoms with E-state index in [1.807, 2.05) is 0 Å². The van der Waals surface area contributed by atoms with Crippen LogP contribution in [-0.4, -0.2) is 40.4 Å². The monoisotopic (exact) mass is 590 g/mol. The average molecular weight is 591 g/mol. The highest BCUT2D eigenvalue weighted by atomic mass is 32.2. The van der Waals surface area contributed by atoms with Crippen LogP contribution in [0.4, 0.5) is 32.3 Å². The minimum atomic E-state index is -3.74. The van der Waals surface area contributed by atoms with Gasteiger partial charge in [-0.1, -0.05) is 38.1 Å². The van der Waals surface area contributed by atoms with E-state index in [-0.39, 0.29) is 45.8 Å². The molecule has 0 saturated carbocycles. The number of benzene rings is 3. The number of carbonyl (C=O) groups excluding carboxylic acids is 2. The van der Waals surface area contributed by atoms with E-state index in [0.29, 0.717) is 12.8 Å². The number of rotatable bonds is 12. The normalized spacial score (nSPS) is 11.2. The third-order valence-corrected chi connectivity index (χ3v) is 7.67. The van der Waals surface area contributed by atoms with Crippen LogP contribution in [0.15, 0.2) is 72.8 Å². The Balaban J connectivity index is 1.63. The fourth-order valence-electron chi connectivity index (χ4n) is 3.40. The summed E-state index contributed by atoms with van der Waals surface area (Å²) in [7, 11) is -7.48. The largest absolute Gasteiger partial charge is 0.382 e. The van der Waals surface area contributed by atoms with Crippen LogP contribution >= 0.6 is 0 Å². The summed E-state index contributed by atoms with van der Waals surface area (Å²) in [4.78, 5) is 25.3. The Morgan fingerprint density at radius 2 is 1.00 bits per heavy atom. The summed E-state index contributed by atoms with van der Waals surface area (Å²) in [5, 5.41) is 10.4. The van der Waals surface area contributed by atoms with Gasteiger partial charge in [0.05, 0.1) is 22.9 Å². The van der Waals surface area contributed by atoms with Crippen LogP contribution in [0.25, 0.3) is 0 Å². The SMILES string of the molecule is CCCS(=O)(=O)Oc1cccc(NC(=O)Nc2ccccc2NC(=O)Nc2cccc(OS(=O)(=O)CCC)c2)c1. The third-order valence-electron chi connectivity index (χ3n) is 4.96. The van der Waals surface area contributed by atoms with E-state index < -0.39 is 32.3 Å². The van der Waals surface area contributed by atoms with Crippen molar-refractivity contribution in [2.75, 3.05) is 32.8 Å². The Hall–Kier alpha value is -4.30. The van der Waals surface area contributed by atoms with Gasteiger partial charge in [0.25, 0.3) is 0 Å². The Kier molecular flexibility index (Phi) is 10.3. The highest BCUT2D eigenvalue weighted by Gasteiger charge is 2.15. The van der Waals surface area contributed by atoms with E-state index in [0.717, 1.165) is 0 Å². The van der Waals surface area contributed by atoms with Gasteiger partial charge in [-0.05, 0) is 49.2 Å². The quantitative estimate of drug-likeness (QED) is 0.208. The third kappa shape index (κ3) is 9.78. The smallest absolute Gasteiger partial charge is 0.323 e. The Labute approximate surface area is 233 Å². The number of amides is 4. The lowest BCUT2D eigenvalue weighted by atomic mass is 10.2. The van der Waals surface area contributed by atoms with Crippen molar-refractivity contribution in [2.45, 2.75) is 26.7 Å². The second-order valence-corrected chi connectivity index (χ2v) is 11.8. The zero-order valence-corrected chi connectivity index (χ0v) is 23.5. The van der Waals surface area contributed by atoms with E-state index in [9.17, 15) is 26.4 Å². The molecule has 12 nitrogen and oxygen atoms in total. The van der Waals surface area contributed by atoms with Gasteiger partial charge in [-0.25, -0.2) is 9.59 Å². The predicted octanol–water partition coefficient (Wildman–Crippen LogP) is 5.21. The number of para-hydroxylation sites is 2. The highest BCUT2D eigenvalue weighted by molar-refractivity contribution is 7.87. The molecule has 0 aliphatic rings. The molecule has 0 unspecified atom stereocenters. The Bertz CT molecular complexity index is 1440. The van der Waals surface area contributed by atoms with Gasteiger partial charge < -0.3 is 29.6 Å². The lowest BCUT2D eigenvalue weighted by Crippen LogP contribution is -2.23. The van der Waals surface area contributed by atoms with Crippen LogP contribution in [-0.2, 0) is 20.2 Å². The van der Waals surface area contributed by atoms with E-state index in [2.05, 4.69) is 21.3 Å². The molecule has 0 spiro atoms. The topological polar surface area (TPSA) is 169 Å². The maximum absolute atomic E-state index is 12.6. The summed E-state index contributed by atoms with van der Waals surface area (Å²) in [6, 6.07) is 17.0. The molecule has 3 aromatic rings. The van der Waals surface area contributed by atoms with Crippen LogP contribution in [0.1, 0.15) is 26.7 Å². The van der Waals surface area contributed by atoms with Crippen LogP contribution in [0, 0.1) is 0 Å². The zero-order valence-electron chi connectivity index (χ0n) is 21.8. The molecule has 214 valence electrons. The number of anilines is 4. The lowest BCUT2D eigenvalue weighted by molar-refractivity contribution is 0.261. The van der Waals surface area contributed by atoms with Gasteiger partial charge in [0.15, 0.2) is 0 Å².